The molecule has 2 aromatic rings. The molecular formula is C17H17BrN4OS. The second-order valence-electron chi connectivity index (χ2n) is 5.72. The first-order valence-electron chi connectivity index (χ1n) is 7.48. The highest BCUT2D eigenvalue weighted by Gasteiger charge is 2.29. The van der Waals surface area contributed by atoms with Crippen molar-refractivity contribution in [3.05, 3.63) is 58.3 Å². The average Bonchev–Trinajstić information content (AvgIpc) is 2.55. The minimum atomic E-state index is -0.355. The number of hydrogen-bond donors (Lipinski definition) is 2. The van der Waals surface area contributed by atoms with E-state index < -0.39 is 0 Å². The number of aliphatic imine (C=N–C) groups is 1. The highest BCUT2D eigenvalue weighted by Crippen LogP contribution is 2.35. The number of thioether (sulfide) groups is 1. The largest absolute Gasteiger partial charge is 0.379 e. The molecule has 1 aliphatic rings. The summed E-state index contributed by atoms with van der Waals surface area (Å²) in [5.41, 5.74) is 7.65. The Kier molecular flexibility index (Phi) is 4.91. The first-order valence-corrected chi connectivity index (χ1v) is 9.26. The number of benzene rings is 1. The van der Waals surface area contributed by atoms with Crippen molar-refractivity contribution in [1.29, 1.82) is 0 Å². The van der Waals surface area contributed by atoms with E-state index in [-0.39, 0.29) is 11.4 Å². The van der Waals surface area contributed by atoms with Crippen molar-refractivity contribution < 1.29 is 4.79 Å². The topological polar surface area (TPSA) is 80.4 Å². The fraction of sp³-hybridized carbons (Fsp3) is 0.235. The van der Waals surface area contributed by atoms with Crippen LogP contribution in [-0.2, 0) is 5.54 Å². The molecule has 0 aliphatic carbocycles. The molecular weight excluding hydrogens is 388 g/mol. The highest BCUT2D eigenvalue weighted by atomic mass is 79.9. The van der Waals surface area contributed by atoms with Crippen molar-refractivity contribution in [2.24, 2.45) is 10.7 Å². The van der Waals surface area contributed by atoms with Crippen LogP contribution in [0.3, 0.4) is 0 Å². The standard InChI is InChI=1S/C17H17BrN4OS/c1-17(7-8-24-16(19)22-17)11-3-2-4-13(9-11)21-15(23)14-6-5-12(18)10-20-14/h2-6,9-10H,7-8H2,1H3,(H2,19,22)(H,21,23)/t17-/m0/s1. The quantitative estimate of drug-likeness (QED) is 0.815. The van der Waals surface area contributed by atoms with Crippen molar-refractivity contribution in [3.63, 3.8) is 0 Å². The molecule has 2 heterocycles. The van der Waals surface area contributed by atoms with Crippen LogP contribution in [0, 0.1) is 0 Å². The fourth-order valence-corrected chi connectivity index (χ4v) is 3.74. The molecule has 0 radical (unpaired) electrons. The number of carbonyl (C=O) groups excluding carboxylic acids is 1. The van der Waals surface area contributed by atoms with Crippen molar-refractivity contribution in [1.82, 2.24) is 4.98 Å². The molecule has 7 heteroatoms. The number of hydrogen-bond acceptors (Lipinski definition) is 5. The van der Waals surface area contributed by atoms with E-state index in [0.29, 0.717) is 10.9 Å². The van der Waals surface area contributed by atoms with E-state index in [0.717, 1.165) is 27.9 Å². The van der Waals surface area contributed by atoms with Gasteiger partial charge in [-0.25, -0.2) is 4.98 Å². The SMILES string of the molecule is C[C@@]1(c2cccc(NC(=O)c3ccc(Br)cn3)c2)CCSC(N)=N1. The smallest absolute Gasteiger partial charge is 0.274 e. The number of nitrogens with two attached hydrogens (primary N) is 1. The number of amidine groups is 1. The average molecular weight is 405 g/mol. The molecule has 3 rings (SSSR count). The Morgan fingerprint density at radius 2 is 2.21 bits per heavy atom. The van der Waals surface area contributed by atoms with Crippen molar-refractivity contribution >= 4 is 44.5 Å². The van der Waals surface area contributed by atoms with Crippen LogP contribution >= 0.6 is 27.7 Å². The zero-order chi connectivity index (χ0) is 17.2. The van der Waals surface area contributed by atoms with E-state index in [9.17, 15) is 4.79 Å². The van der Waals surface area contributed by atoms with Crippen LogP contribution < -0.4 is 11.1 Å². The first-order chi connectivity index (χ1) is 11.5. The van der Waals surface area contributed by atoms with Gasteiger partial charge in [-0.2, -0.15) is 0 Å². The third-order valence-corrected chi connectivity index (χ3v) is 5.16. The van der Waals surface area contributed by atoms with Gasteiger partial charge in [0.2, 0.25) is 0 Å². The van der Waals surface area contributed by atoms with Crippen molar-refractivity contribution in [2.75, 3.05) is 11.1 Å². The minimum absolute atomic E-state index is 0.244. The van der Waals surface area contributed by atoms with Gasteiger partial charge in [0.1, 0.15) is 5.69 Å². The number of anilines is 1. The van der Waals surface area contributed by atoms with Crippen LogP contribution in [0.25, 0.3) is 0 Å². The molecule has 0 fully saturated rings. The number of nitrogens with one attached hydrogen (secondary N) is 1. The normalized spacial score (nSPS) is 20.3. The van der Waals surface area contributed by atoms with E-state index in [1.165, 1.54) is 0 Å². The number of rotatable bonds is 3. The first kappa shape index (κ1) is 17.0. The molecule has 0 saturated carbocycles. The molecule has 24 heavy (non-hydrogen) atoms. The van der Waals surface area contributed by atoms with E-state index >= 15 is 0 Å². The molecule has 0 unspecified atom stereocenters. The van der Waals surface area contributed by atoms with Gasteiger partial charge in [-0.15, -0.1) is 0 Å². The third-order valence-electron chi connectivity index (χ3n) is 3.90. The Morgan fingerprint density at radius 3 is 2.92 bits per heavy atom. The lowest BCUT2D eigenvalue weighted by molar-refractivity contribution is 0.102. The molecule has 1 amide bonds. The molecule has 5 nitrogen and oxygen atoms in total. The molecule has 0 spiro atoms. The zero-order valence-electron chi connectivity index (χ0n) is 13.1. The highest BCUT2D eigenvalue weighted by molar-refractivity contribution is 9.10. The summed E-state index contributed by atoms with van der Waals surface area (Å²) in [4.78, 5) is 21.0. The summed E-state index contributed by atoms with van der Waals surface area (Å²) in [6.45, 7) is 2.07. The van der Waals surface area contributed by atoms with Crippen molar-refractivity contribution in [2.45, 2.75) is 18.9 Å². The monoisotopic (exact) mass is 404 g/mol. The van der Waals surface area contributed by atoms with Gasteiger partial charge < -0.3 is 11.1 Å². The maximum absolute atomic E-state index is 12.3. The predicted octanol–water partition coefficient (Wildman–Crippen LogP) is 3.76. The van der Waals surface area contributed by atoms with Crippen molar-refractivity contribution in [3.8, 4) is 0 Å². The van der Waals surface area contributed by atoms with Gasteiger partial charge in [0.25, 0.3) is 5.91 Å². The Bertz CT molecular complexity index is 793. The van der Waals surface area contributed by atoms with Crippen LogP contribution in [0.15, 0.2) is 52.1 Å². The number of carbonyl (C=O) groups is 1. The maximum Gasteiger partial charge on any atom is 0.274 e. The van der Waals surface area contributed by atoms with Crippen LogP contribution in [0.4, 0.5) is 5.69 Å². The third kappa shape index (κ3) is 3.79. The van der Waals surface area contributed by atoms with Gasteiger partial charge in [-0.3, -0.25) is 9.79 Å². The summed E-state index contributed by atoms with van der Waals surface area (Å²) in [6.07, 6.45) is 2.51. The van der Waals surface area contributed by atoms with Crippen LogP contribution in [0.5, 0.6) is 0 Å². The molecule has 124 valence electrons. The number of amides is 1. The minimum Gasteiger partial charge on any atom is -0.379 e. The van der Waals surface area contributed by atoms with Crippen LogP contribution in [0.1, 0.15) is 29.4 Å². The fourth-order valence-electron chi connectivity index (χ4n) is 2.53. The Balaban J connectivity index is 1.82. The van der Waals surface area contributed by atoms with Gasteiger partial charge >= 0.3 is 0 Å². The number of halogens is 1. The summed E-state index contributed by atoms with van der Waals surface area (Å²) < 4.78 is 0.833. The maximum atomic E-state index is 12.3. The summed E-state index contributed by atoms with van der Waals surface area (Å²) in [5, 5.41) is 3.49. The summed E-state index contributed by atoms with van der Waals surface area (Å²) in [5.74, 6) is 0.692. The lowest BCUT2D eigenvalue weighted by Gasteiger charge is -2.30. The molecule has 1 aromatic carbocycles. The van der Waals surface area contributed by atoms with E-state index in [1.54, 1.807) is 30.1 Å². The lowest BCUT2D eigenvalue weighted by Crippen LogP contribution is -2.28. The summed E-state index contributed by atoms with van der Waals surface area (Å²) >= 11 is 4.88. The number of nitrogens with zero attached hydrogens (tertiary/aromatic N) is 2. The van der Waals surface area contributed by atoms with E-state index in [2.05, 4.69) is 38.1 Å². The number of aromatic nitrogens is 1. The Hall–Kier alpha value is -1.86. The molecule has 0 saturated heterocycles. The molecule has 1 atom stereocenters. The van der Waals surface area contributed by atoms with Gasteiger partial charge in [0, 0.05) is 22.1 Å². The van der Waals surface area contributed by atoms with Gasteiger partial charge in [-0.05, 0) is 59.1 Å². The van der Waals surface area contributed by atoms with Gasteiger partial charge in [-0.1, -0.05) is 23.9 Å². The molecule has 0 bridgehead atoms. The molecule has 3 N–H and O–H groups in total. The second-order valence-corrected chi connectivity index (χ2v) is 7.75. The van der Waals surface area contributed by atoms with E-state index in [4.69, 9.17) is 5.73 Å². The number of pyridine rings is 1. The molecule has 1 aliphatic heterocycles. The van der Waals surface area contributed by atoms with E-state index in [1.807, 2.05) is 24.3 Å². The Morgan fingerprint density at radius 1 is 1.38 bits per heavy atom. The Labute approximate surface area is 153 Å². The van der Waals surface area contributed by atoms with Gasteiger partial charge in [0.15, 0.2) is 5.17 Å². The van der Waals surface area contributed by atoms with Gasteiger partial charge in [0.05, 0.1) is 5.54 Å². The molecule has 1 aromatic heterocycles. The summed E-state index contributed by atoms with van der Waals surface area (Å²) in [7, 11) is 0. The van der Waals surface area contributed by atoms with Crippen LogP contribution in [-0.4, -0.2) is 21.8 Å². The lowest BCUT2D eigenvalue weighted by atomic mass is 9.89. The predicted molar refractivity (Wildman–Crippen MR) is 102 cm³/mol. The second kappa shape index (κ2) is 6.94. The summed E-state index contributed by atoms with van der Waals surface area (Å²) in [6, 6.07) is 11.2. The van der Waals surface area contributed by atoms with Crippen LogP contribution in [0.2, 0.25) is 0 Å². The zero-order valence-corrected chi connectivity index (χ0v) is 15.5.